The Labute approximate surface area is 130 Å². The summed E-state index contributed by atoms with van der Waals surface area (Å²) in [4.78, 5) is 14.6. The molecule has 2 aromatic carbocycles. The van der Waals surface area contributed by atoms with Crippen molar-refractivity contribution >= 4 is 17.7 Å². The van der Waals surface area contributed by atoms with Gasteiger partial charge in [0, 0.05) is 12.3 Å². The van der Waals surface area contributed by atoms with E-state index >= 15 is 0 Å². The summed E-state index contributed by atoms with van der Waals surface area (Å²) in [5.41, 5.74) is 3.57. The summed E-state index contributed by atoms with van der Waals surface area (Å²) < 4.78 is 0. The Bertz CT molecular complexity index is 609. The highest BCUT2D eigenvalue weighted by atomic mass is 32.2. The Morgan fingerprint density at radius 3 is 2.57 bits per heavy atom. The van der Waals surface area contributed by atoms with Crippen molar-refractivity contribution in [3.05, 3.63) is 71.3 Å². The molecular formula is C18H19NOS. The summed E-state index contributed by atoms with van der Waals surface area (Å²) in [6.07, 6.45) is 0.490. The first-order valence-corrected chi connectivity index (χ1v) is 8.30. The van der Waals surface area contributed by atoms with Crippen LogP contribution in [0.4, 0.5) is 0 Å². The highest BCUT2D eigenvalue weighted by Crippen LogP contribution is 2.38. The van der Waals surface area contributed by atoms with Crippen molar-refractivity contribution < 1.29 is 4.79 Å². The molecule has 0 aliphatic carbocycles. The molecule has 2 aromatic rings. The lowest BCUT2D eigenvalue weighted by molar-refractivity contribution is -0.130. The van der Waals surface area contributed by atoms with E-state index in [1.165, 1.54) is 11.1 Å². The third kappa shape index (κ3) is 3.30. The van der Waals surface area contributed by atoms with Gasteiger partial charge in [0.05, 0.1) is 6.42 Å². The van der Waals surface area contributed by atoms with E-state index < -0.39 is 0 Å². The Morgan fingerprint density at radius 2 is 1.86 bits per heavy atom. The number of carbonyl (C=O) groups is 1. The second kappa shape index (κ2) is 6.35. The van der Waals surface area contributed by atoms with Gasteiger partial charge in [-0.1, -0.05) is 60.2 Å². The van der Waals surface area contributed by atoms with Crippen molar-refractivity contribution in [2.45, 2.75) is 18.7 Å². The van der Waals surface area contributed by atoms with Crippen LogP contribution in [0.25, 0.3) is 0 Å². The van der Waals surface area contributed by atoms with Crippen LogP contribution < -0.4 is 0 Å². The average molecular weight is 297 g/mol. The number of hydrogen-bond acceptors (Lipinski definition) is 2. The molecule has 1 amide bonds. The van der Waals surface area contributed by atoms with Crippen LogP contribution in [0.2, 0.25) is 0 Å². The summed E-state index contributed by atoms with van der Waals surface area (Å²) >= 11 is 1.85. The van der Waals surface area contributed by atoms with Gasteiger partial charge in [-0.15, -0.1) is 11.8 Å². The van der Waals surface area contributed by atoms with E-state index in [0.29, 0.717) is 6.42 Å². The van der Waals surface area contributed by atoms with Crippen LogP contribution in [0.15, 0.2) is 54.6 Å². The number of hydrogen-bond donors (Lipinski definition) is 0. The van der Waals surface area contributed by atoms with Gasteiger partial charge in [0.1, 0.15) is 5.37 Å². The zero-order valence-electron chi connectivity index (χ0n) is 12.2. The van der Waals surface area contributed by atoms with E-state index in [9.17, 15) is 4.79 Å². The first-order valence-electron chi connectivity index (χ1n) is 7.25. The Hall–Kier alpha value is -1.74. The quantitative estimate of drug-likeness (QED) is 0.858. The third-order valence-corrected chi connectivity index (χ3v) is 5.03. The SMILES string of the molecule is Cc1ccc(C2SCCN2C(=O)Cc2ccccc2)cc1. The molecule has 3 heteroatoms. The van der Waals surface area contributed by atoms with E-state index in [-0.39, 0.29) is 11.3 Å². The number of benzene rings is 2. The molecule has 1 aliphatic heterocycles. The van der Waals surface area contributed by atoms with Gasteiger partial charge in [-0.05, 0) is 18.1 Å². The minimum Gasteiger partial charge on any atom is -0.325 e. The summed E-state index contributed by atoms with van der Waals surface area (Å²) in [6.45, 7) is 2.93. The number of carbonyl (C=O) groups excluding carboxylic acids is 1. The van der Waals surface area contributed by atoms with Gasteiger partial charge in [0.2, 0.25) is 5.91 Å². The molecule has 1 unspecified atom stereocenters. The molecule has 1 saturated heterocycles. The summed E-state index contributed by atoms with van der Waals surface area (Å²) in [5.74, 6) is 1.23. The van der Waals surface area contributed by atoms with Crippen LogP contribution in [0.1, 0.15) is 22.1 Å². The Balaban J connectivity index is 1.74. The predicted octanol–water partition coefficient (Wildman–Crippen LogP) is 3.81. The fourth-order valence-corrected chi connectivity index (χ4v) is 3.88. The van der Waals surface area contributed by atoms with Gasteiger partial charge in [-0.2, -0.15) is 0 Å². The first kappa shape index (κ1) is 14.2. The smallest absolute Gasteiger partial charge is 0.228 e. The molecule has 1 aliphatic rings. The largest absolute Gasteiger partial charge is 0.325 e. The molecule has 108 valence electrons. The maximum atomic E-state index is 12.6. The van der Waals surface area contributed by atoms with Crippen molar-refractivity contribution in [3.8, 4) is 0 Å². The van der Waals surface area contributed by atoms with Gasteiger partial charge in [0.15, 0.2) is 0 Å². The molecule has 1 heterocycles. The molecule has 0 radical (unpaired) electrons. The van der Waals surface area contributed by atoms with Gasteiger partial charge in [-0.25, -0.2) is 0 Å². The Morgan fingerprint density at radius 1 is 1.14 bits per heavy atom. The van der Waals surface area contributed by atoms with Gasteiger partial charge in [0.25, 0.3) is 0 Å². The van der Waals surface area contributed by atoms with Crippen molar-refractivity contribution in [1.29, 1.82) is 0 Å². The topological polar surface area (TPSA) is 20.3 Å². The van der Waals surface area contributed by atoms with E-state index in [4.69, 9.17) is 0 Å². The molecule has 1 fully saturated rings. The van der Waals surface area contributed by atoms with Crippen molar-refractivity contribution in [1.82, 2.24) is 4.90 Å². The minimum atomic E-state index is 0.168. The average Bonchev–Trinajstić information content (AvgIpc) is 2.98. The van der Waals surface area contributed by atoms with Gasteiger partial charge >= 0.3 is 0 Å². The molecule has 21 heavy (non-hydrogen) atoms. The Kier molecular flexibility index (Phi) is 4.30. The molecule has 0 spiro atoms. The lowest BCUT2D eigenvalue weighted by Gasteiger charge is -2.24. The standard InChI is InChI=1S/C18H19NOS/c1-14-7-9-16(10-8-14)18-19(11-12-21-18)17(20)13-15-5-3-2-4-6-15/h2-10,18H,11-13H2,1H3. The zero-order valence-corrected chi connectivity index (χ0v) is 13.0. The van der Waals surface area contributed by atoms with Crippen LogP contribution in [0, 0.1) is 6.92 Å². The zero-order chi connectivity index (χ0) is 14.7. The number of nitrogens with zero attached hydrogens (tertiary/aromatic N) is 1. The molecular weight excluding hydrogens is 278 g/mol. The molecule has 0 N–H and O–H groups in total. The maximum absolute atomic E-state index is 12.6. The van der Waals surface area contributed by atoms with Crippen molar-refractivity contribution in [2.24, 2.45) is 0 Å². The van der Waals surface area contributed by atoms with Crippen LogP contribution >= 0.6 is 11.8 Å². The fourth-order valence-electron chi connectivity index (χ4n) is 2.60. The normalized spacial score (nSPS) is 18.0. The second-order valence-electron chi connectivity index (χ2n) is 5.38. The molecule has 1 atom stereocenters. The van der Waals surface area contributed by atoms with Crippen molar-refractivity contribution in [2.75, 3.05) is 12.3 Å². The summed E-state index contributed by atoms with van der Waals surface area (Å²) in [5, 5.41) is 0.168. The van der Waals surface area contributed by atoms with Crippen molar-refractivity contribution in [3.63, 3.8) is 0 Å². The van der Waals surface area contributed by atoms with Crippen LogP contribution in [0.5, 0.6) is 0 Å². The van der Waals surface area contributed by atoms with Crippen LogP contribution in [-0.4, -0.2) is 23.1 Å². The highest BCUT2D eigenvalue weighted by molar-refractivity contribution is 7.99. The predicted molar refractivity (Wildman–Crippen MR) is 88.2 cm³/mol. The lowest BCUT2D eigenvalue weighted by Crippen LogP contribution is -2.31. The highest BCUT2D eigenvalue weighted by Gasteiger charge is 2.30. The van der Waals surface area contributed by atoms with E-state index in [1.54, 1.807) is 0 Å². The summed E-state index contributed by atoms with van der Waals surface area (Å²) in [6, 6.07) is 18.5. The number of aryl methyl sites for hydroxylation is 1. The maximum Gasteiger partial charge on any atom is 0.228 e. The molecule has 0 saturated carbocycles. The minimum absolute atomic E-state index is 0.168. The van der Waals surface area contributed by atoms with E-state index in [2.05, 4.69) is 31.2 Å². The molecule has 0 bridgehead atoms. The van der Waals surface area contributed by atoms with Crippen LogP contribution in [-0.2, 0) is 11.2 Å². The molecule has 2 nitrogen and oxygen atoms in total. The summed E-state index contributed by atoms with van der Waals surface area (Å²) in [7, 11) is 0. The van der Waals surface area contributed by atoms with Gasteiger partial charge < -0.3 is 4.90 Å². The second-order valence-corrected chi connectivity index (χ2v) is 6.57. The van der Waals surface area contributed by atoms with E-state index in [1.807, 2.05) is 47.0 Å². The number of rotatable bonds is 3. The third-order valence-electron chi connectivity index (χ3n) is 3.77. The van der Waals surface area contributed by atoms with Crippen LogP contribution in [0.3, 0.4) is 0 Å². The van der Waals surface area contributed by atoms with E-state index in [0.717, 1.165) is 17.9 Å². The van der Waals surface area contributed by atoms with Gasteiger partial charge in [-0.3, -0.25) is 4.79 Å². The number of amides is 1. The monoisotopic (exact) mass is 297 g/mol. The fraction of sp³-hybridized carbons (Fsp3) is 0.278. The molecule has 0 aromatic heterocycles. The lowest BCUT2D eigenvalue weighted by atomic mass is 10.1. The first-order chi connectivity index (χ1) is 10.2. The number of thioether (sulfide) groups is 1. The molecule has 3 rings (SSSR count).